The van der Waals surface area contributed by atoms with Crippen LogP contribution in [-0.4, -0.2) is 76.8 Å². The minimum atomic E-state index is -3.82. The summed E-state index contributed by atoms with van der Waals surface area (Å²) >= 11 is 1.30. The Morgan fingerprint density at radius 2 is 1.62 bits per heavy atom. The van der Waals surface area contributed by atoms with Gasteiger partial charge in [-0.25, -0.2) is 8.42 Å². The normalized spacial score (nSPS) is 12.4. The molecule has 1 heterocycles. The van der Waals surface area contributed by atoms with Crippen molar-refractivity contribution >= 4 is 43.5 Å². The molecule has 10 nitrogen and oxygen atoms in total. The number of amides is 1. The third-order valence-electron chi connectivity index (χ3n) is 5.65. The summed E-state index contributed by atoms with van der Waals surface area (Å²) in [4.78, 5) is 29.8. The molecule has 2 aromatic carbocycles. The summed E-state index contributed by atoms with van der Waals surface area (Å²) in [7, 11) is 0.483. The predicted octanol–water partition coefficient (Wildman–Crippen LogP) is 2.52. The Morgan fingerprint density at radius 1 is 1.00 bits per heavy atom. The lowest BCUT2D eigenvalue weighted by molar-refractivity contribution is -0.141. The maximum Gasteiger partial charge on any atom is 0.325 e. The van der Waals surface area contributed by atoms with Crippen molar-refractivity contribution in [1.29, 1.82) is 0 Å². The fourth-order valence-corrected chi connectivity index (χ4v) is 6.44. The molecule has 0 spiro atoms. The molecule has 0 aliphatic heterocycles. The molecule has 0 aliphatic carbocycles. The topological polar surface area (TPSA) is 116 Å². The van der Waals surface area contributed by atoms with Crippen molar-refractivity contribution in [3.8, 4) is 0 Å². The van der Waals surface area contributed by atoms with Gasteiger partial charge < -0.3 is 18.8 Å². The van der Waals surface area contributed by atoms with Crippen molar-refractivity contribution in [2.75, 3.05) is 47.6 Å². The minimum absolute atomic E-state index is 0.0463. The van der Waals surface area contributed by atoms with Crippen molar-refractivity contribution in [1.82, 2.24) is 8.87 Å². The lowest BCUT2D eigenvalue weighted by atomic mass is 10.1. The summed E-state index contributed by atoms with van der Waals surface area (Å²) in [5, 5.41) is 0. The van der Waals surface area contributed by atoms with Crippen LogP contribution in [0.25, 0.3) is 10.2 Å². The van der Waals surface area contributed by atoms with E-state index < -0.39 is 21.9 Å². The van der Waals surface area contributed by atoms with Crippen LogP contribution in [0.2, 0.25) is 0 Å². The molecule has 1 amide bonds. The molecule has 37 heavy (non-hydrogen) atoms. The van der Waals surface area contributed by atoms with Crippen LogP contribution >= 0.6 is 11.3 Å². The molecule has 0 aliphatic rings. The monoisotopic (exact) mass is 549 g/mol. The van der Waals surface area contributed by atoms with E-state index in [0.29, 0.717) is 4.80 Å². The number of sulfonamides is 1. The fourth-order valence-electron chi connectivity index (χ4n) is 3.83. The summed E-state index contributed by atoms with van der Waals surface area (Å²) in [6.07, 6.45) is 0. The van der Waals surface area contributed by atoms with Crippen molar-refractivity contribution in [3.63, 3.8) is 0 Å². The van der Waals surface area contributed by atoms with Crippen LogP contribution in [-0.2, 0) is 35.6 Å². The molecule has 0 N–H and O–H groups in total. The predicted molar refractivity (Wildman–Crippen MR) is 140 cm³/mol. The molecule has 0 unspecified atom stereocenters. The van der Waals surface area contributed by atoms with Gasteiger partial charge in [-0.3, -0.25) is 9.59 Å². The highest BCUT2D eigenvalue weighted by Gasteiger charge is 2.24. The standard InChI is InChI=1S/C25H31N3O7S2/c1-17-14-18(2)23-21(15-17)36-25(28(23)16-22(29)35-5)26-24(30)19-6-8-20(9-7-19)37(31,32)27(10-12-33-3)11-13-34-4/h6-9,14-15H,10-13,16H2,1-5H3. The highest BCUT2D eigenvalue weighted by Crippen LogP contribution is 2.23. The number of benzene rings is 2. The zero-order valence-electron chi connectivity index (χ0n) is 21.5. The number of aromatic nitrogens is 1. The number of hydrogen-bond acceptors (Lipinski definition) is 8. The highest BCUT2D eigenvalue weighted by molar-refractivity contribution is 7.89. The van der Waals surface area contributed by atoms with Crippen molar-refractivity contribution < 1.29 is 32.2 Å². The van der Waals surface area contributed by atoms with E-state index >= 15 is 0 Å². The second-order valence-electron chi connectivity index (χ2n) is 8.31. The Labute approximate surface area is 220 Å². The summed E-state index contributed by atoms with van der Waals surface area (Å²) in [6.45, 7) is 4.62. The molecule has 0 radical (unpaired) electrons. The summed E-state index contributed by atoms with van der Waals surface area (Å²) in [6, 6.07) is 9.59. The molecular formula is C25H31N3O7S2. The third kappa shape index (κ3) is 6.70. The van der Waals surface area contributed by atoms with Crippen LogP contribution in [0.1, 0.15) is 21.5 Å². The Hall–Kier alpha value is -2.90. The van der Waals surface area contributed by atoms with Crippen LogP contribution in [0.4, 0.5) is 0 Å². The van der Waals surface area contributed by atoms with E-state index in [0.717, 1.165) is 21.3 Å². The first-order chi connectivity index (χ1) is 17.6. The summed E-state index contributed by atoms with van der Waals surface area (Å²) in [5.41, 5.74) is 3.02. The highest BCUT2D eigenvalue weighted by atomic mass is 32.2. The van der Waals surface area contributed by atoms with Crippen molar-refractivity contribution in [3.05, 3.63) is 57.9 Å². The van der Waals surface area contributed by atoms with Crippen LogP contribution in [0.3, 0.4) is 0 Å². The molecule has 3 rings (SSSR count). The lowest BCUT2D eigenvalue weighted by Gasteiger charge is -2.21. The number of carbonyl (C=O) groups is 2. The third-order valence-corrected chi connectivity index (χ3v) is 8.59. The number of ether oxygens (including phenoxy) is 3. The smallest absolute Gasteiger partial charge is 0.325 e. The molecule has 0 saturated heterocycles. The Bertz CT molecular complexity index is 1430. The van der Waals surface area contributed by atoms with Gasteiger partial charge in [0, 0.05) is 32.9 Å². The average molecular weight is 550 g/mol. The van der Waals surface area contributed by atoms with E-state index in [9.17, 15) is 18.0 Å². The molecule has 12 heteroatoms. The van der Waals surface area contributed by atoms with Crippen LogP contribution in [0.5, 0.6) is 0 Å². The van der Waals surface area contributed by atoms with Gasteiger partial charge in [0.1, 0.15) is 6.54 Å². The van der Waals surface area contributed by atoms with Gasteiger partial charge in [-0.2, -0.15) is 9.30 Å². The lowest BCUT2D eigenvalue weighted by Crippen LogP contribution is -2.36. The first-order valence-corrected chi connectivity index (χ1v) is 13.7. The van der Waals surface area contributed by atoms with Gasteiger partial charge in [-0.15, -0.1) is 0 Å². The molecule has 0 atom stereocenters. The summed E-state index contributed by atoms with van der Waals surface area (Å²) in [5.74, 6) is -1.02. The SMILES string of the molecule is COCCN(CCOC)S(=O)(=O)c1ccc(C(=O)N=c2sc3cc(C)cc(C)c3n2CC(=O)OC)cc1. The number of fused-ring (bicyclic) bond motifs is 1. The zero-order valence-corrected chi connectivity index (χ0v) is 23.1. The number of nitrogens with zero attached hydrogens (tertiary/aromatic N) is 3. The van der Waals surface area contributed by atoms with Crippen molar-refractivity contribution in [2.45, 2.75) is 25.3 Å². The fraction of sp³-hybridized carbons (Fsp3) is 0.400. The molecular weight excluding hydrogens is 518 g/mol. The van der Waals surface area contributed by atoms with Gasteiger partial charge in [0.2, 0.25) is 10.0 Å². The van der Waals surface area contributed by atoms with Gasteiger partial charge in [0.25, 0.3) is 5.91 Å². The van der Waals surface area contributed by atoms with Gasteiger partial charge >= 0.3 is 5.97 Å². The van der Waals surface area contributed by atoms with Gasteiger partial charge in [0.05, 0.1) is 35.4 Å². The van der Waals surface area contributed by atoms with E-state index in [1.807, 2.05) is 26.0 Å². The number of carbonyl (C=O) groups excluding carboxylic acids is 2. The number of hydrogen-bond donors (Lipinski definition) is 0. The van der Waals surface area contributed by atoms with E-state index in [-0.39, 0.29) is 43.3 Å². The maximum absolute atomic E-state index is 13.1. The molecule has 0 fully saturated rings. The van der Waals surface area contributed by atoms with E-state index in [4.69, 9.17) is 14.2 Å². The second-order valence-corrected chi connectivity index (χ2v) is 11.3. The van der Waals surface area contributed by atoms with Gasteiger partial charge in [0.15, 0.2) is 4.80 Å². The minimum Gasteiger partial charge on any atom is -0.468 e. The van der Waals surface area contributed by atoms with Crippen LogP contribution in [0.15, 0.2) is 46.3 Å². The number of esters is 1. The van der Waals surface area contributed by atoms with E-state index in [1.54, 1.807) is 4.57 Å². The second kappa shape index (κ2) is 12.6. The molecule has 1 aromatic heterocycles. The van der Waals surface area contributed by atoms with Gasteiger partial charge in [-0.05, 0) is 55.3 Å². The largest absolute Gasteiger partial charge is 0.468 e. The maximum atomic E-state index is 13.1. The number of rotatable bonds is 11. The Balaban J connectivity index is 1.97. The number of aryl methyl sites for hydroxylation is 2. The average Bonchev–Trinajstić information content (AvgIpc) is 3.20. The van der Waals surface area contributed by atoms with Crippen LogP contribution in [0, 0.1) is 13.8 Å². The Morgan fingerprint density at radius 3 is 2.19 bits per heavy atom. The first-order valence-electron chi connectivity index (χ1n) is 11.5. The first kappa shape index (κ1) is 28.7. The van der Waals surface area contributed by atoms with Crippen LogP contribution < -0.4 is 4.80 Å². The van der Waals surface area contributed by atoms with Gasteiger partial charge in [-0.1, -0.05) is 17.4 Å². The molecule has 0 saturated carbocycles. The molecule has 0 bridgehead atoms. The number of thiazole rings is 1. The Kier molecular flexibility index (Phi) is 9.74. The number of methoxy groups -OCH3 is 3. The molecule has 200 valence electrons. The van der Waals surface area contributed by atoms with E-state index in [1.165, 1.54) is 61.2 Å². The van der Waals surface area contributed by atoms with Crippen molar-refractivity contribution in [2.24, 2.45) is 4.99 Å². The van der Waals surface area contributed by atoms with E-state index in [2.05, 4.69) is 4.99 Å². The molecule has 3 aromatic rings. The summed E-state index contributed by atoms with van der Waals surface area (Å²) < 4.78 is 45.0. The zero-order chi connectivity index (χ0) is 27.2. The quantitative estimate of drug-likeness (QED) is 0.338.